The van der Waals surface area contributed by atoms with Crippen molar-refractivity contribution >= 4 is 40.9 Å². The molecule has 26 heavy (non-hydrogen) atoms. The summed E-state index contributed by atoms with van der Waals surface area (Å²) in [6.45, 7) is 1.61. The van der Waals surface area contributed by atoms with Crippen molar-refractivity contribution in [2.24, 2.45) is 11.5 Å². The van der Waals surface area contributed by atoms with Crippen LogP contribution in [0.5, 0.6) is 0 Å². The van der Waals surface area contributed by atoms with Gasteiger partial charge in [-0.3, -0.25) is 14.4 Å². The molecule has 1 aromatic carbocycles. The van der Waals surface area contributed by atoms with Gasteiger partial charge in [0.05, 0.1) is 5.56 Å². The lowest BCUT2D eigenvalue weighted by Crippen LogP contribution is -2.20. The number of carbonyl (C=O) groups excluding carboxylic acids is 3. The number of hydrogen-bond acceptors (Lipinski definition) is 7. The predicted molar refractivity (Wildman–Crippen MR) is 96.9 cm³/mol. The van der Waals surface area contributed by atoms with E-state index in [0.717, 1.165) is 0 Å². The molecule has 3 amide bonds. The van der Waals surface area contributed by atoms with Crippen LogP contribution >= 0.6 is 0 Å². The van der Waals surface area contributed by atoms with Crippen molar-refractivity contribution in [3.8, 4) is 0 Å². The first-order valence-electron chi connectivity index (χ1n) is 7.69. The van der Waals surface area contributed by atoms with Crippen molar-refractivity contribution in [1.29, 1.82) is 0 Å². The number of primary amides is 2. The summed E-state index contributed by atoms with van der Waals surface area (Å²) in [6.07, 6.45) is 1.35. The van der Waals surface area contributed by atoms with Crippen LogP contribution < -0.4 is 27.4 Å². The number of aromatic nitrogens is 2. The highest BCUT2D eigenvalue weighted by atomic mass is 16.2. The van der Waals surface area contributed by atoms with Gasteiger partial charge in [-0.05, 0) is 18.2 Å². The number of nitrogens with two attached hydrogens (primary N) is 2. The average molecular weight is 357 g/mol. The molecule has 0 saturated heterocycles. The predicted octanol–water partition coefficient (Wildman–Crippen LogP) is 0.565. The second-order valence-corrected chi connectivity index (χ2v) is 5.35. The van der Waals surface area contributed by atoms with E-state index in [-0.39, 0.29) is 36.2 Å². The van der Waals surface area contributed by atoms with Gasteiger partial charge >= 0.3 is 0 Å². The number of nitrogens with zero attached hydrogens (tertiary/aromatic N) is 2. The van der Waals surface area contributed by atoms with Crippen LogP contribution in [0.2, 0.25) is 0 Å². The zero-order valence-electron chi connectivity index (χ0n) is 14.1. The van der Waals surface area contributed by atoms with E-state index in [1.807, 2.05) is 0 Å². The normalized spacial score (nSPS) is 10.0. The van der Waals surface area contributed by atoms with Crippen LogP contribution in [0, 0.1) is 0 Å². The molecule has 1 heterocycles. The number of amides is 3. The van der Waals surface area contributed by atoms with E-state index in [2.05, 4.69) is 25.9 Å². The third kappa shape index (κ3) is 5.44. The zero-order valence-corrected chi connectivity index (χ0v) is 14.1. The molecule has 2 rings (SSSR count). The largest absolute Gasteiger partial charge is 0.370 e. The van der Waals surface area contributed by atoms with Gasteiger partial charge in [0, 0.05) is 37.5 Å². The van der Waals surface area contributed by atoms with Gasteiger partial charge in [0.15, 0.2) is 0 Å². The maximum atomic E-state index is 11.5. The molecule has 0 saturated carbocycles. The summed E-state index contributed by atoms with van der Waals surface area (Å²) in [6, 6.07) is 6.95. The molecule has 0 aliphatic rings. The van der Waals surface area contributed by atoms with Crippen LogP contribution in [-0.2, 0) is 9.59 Å². The van der Waals surface area contributed by atoms with Gasteiger partial charge < -0.3 is 27.4 Å². The van der Waals surface area contributed by atoms with E-state index in [0.29, 0.717) is 11.4 Å². The summed E-state index contributed by atoms with van der Waals surface area (Å²) in [5.41, 5.74) is 11.7. The van der Waals surface area contributed by atoms with E-state index >= 15 is 0 Å². The van der Waals surface area contributed by atoms with Gasteiger partial charge in [-0.15, -0.1) is 0 Å². The fraction of sp³-hybridized carbons (Fsp3) is 0.188. The van der Waals surface area contributed by atoms with E-state index in [9.17, 15) is 14.4 Å². The third-order valence-corrected chi connectivity index (χ3v) is 3.16. The minimum absolute atomic E-state index is 0.0731. The first-order valence-corrected chi connectivity index (χ1v) is 7.69. The van der Waals surface area contributed by atoms with E-state index in [4.69, 9.17) is 11.5 Å². The molecule has 0 aliphatic heterocycles. The quantitative estimate of drug-likeness (QED) is 0.460. The molecular weight excluding hydrogens is 338 g/mol. The fourth-order valence-electron chi connectivity index (χ4n) is 2.07. The van der Waals surface area contributed by atoms with Crippen molar-refractivity contribution in [3.05, 3.63) is 36.0 Å². The second kappa shape index (κ2) is 8.42. The first-order chi connectivity index (χ1) is 12.3. The minimum Gasteiger partial charge on any atom is -0.370 e. The Morgan fingerprint density at radius 2 is 1.88 bits per heavy atom. The van der Waals surface area contributed by atoms with Crippen LogP contribution in [0.1, 0.15) is 23.7 Å². The molecule has 0 unspecified atom stereocenters. The van der Waals surface area contributed by atoms with E-state index < -0.39 is 11.8 Å². The molecule has 7 N–H and O–H groups in total. The molecule has 136 valence electrons. The standard InChI is InChI=1S/C16H19N7O3/c1-9(24)21-10-3-2-4-11(7-10)22-16-20-8-12(14(18)26)15(23-16)19-6-5-13(17)25/h2-4,7-8H,5-6H2,1H3,(H2,17,25)(H2,18,26)(H,21,24)(H2,19,20,22,23). The Morgan fingerprint density at radius 3 is 2.54 bits per heavy atom. The molecule has 0 radical (unpaired) electrons. The summed E-state index contributed by atoms with van der Waals surface area (Å²) in [5, 5.41) is 8.47. The van der Waals surface area contributed by atoms with Crippen LogP contribution in [0.15, 0.2) is 30.5 Å². The van der Waals surface area contributed by atoms with Gasteiger partial charge in [-0.2, -0.15) is 4.98 Å². The highest BCUT2D eigenvalue weighted by molar-refractivity contribution is 5.97. The van der Waals surface area contributed by atoms with Crippen molar-refractivity contribution < 1.29 is 14.4 Å². The Kier molecular flexibility index (Phi) is 6.04. The Morgan fingerprint density at radius 1 is 1.15 bits per heavy atom. The molecule has 10 heteroatoms. The highest BCUT2D eigenvalue weighted by Crippen LogP contribution is 2.20. The van der Waals surface area contributed by atoms with Crippen LogP contribution in [-0.4, -0.2) is 34.2 Å². The summed E-state index contributed by atoms with van der Waals surface area (Å²) >= 11 is 0. The lowest BCUT2D eigenvalue weighted by molar-refractivity contribution is -0.117. The summed E-state index contributed by atoms with van der Waals surface area (Å²) in [7, 11) is 0. The van der Waals surface area contributed by atoms with E-state index in [1.165, 1.54) is 13.1 Å². The number of hydrogen-bond donors (Lipinski definition) is 5. The molecule has 10 nitrogen and oxygen atoms in total. The monoisotopic (exact) mass is 357 g/mol. The molecular formula is C16H19N7O3. The zero-order chi connectivity index (χ0) is 19.1. The SMILES string of the molecule is CC(=O)Nc1cccc(Nc2ncc(C(N)=O)c(NCCC(N)=O)n2)c1. The number of benzene rings is 1. The second-order valence-electron chi connectivity index (χ2n) is 5.35. The van der Waals surface area contributed by atoms with Gasteiger partial charge in [0.2, 0.25) is 17.8 Å². The van der Waals surface area contributed by atoms with Crippen molar-refractivity contribution in [2.75, 3.05) is 22.5 Å². The number of nitrogens with one attached hydrogen (secondary N) is 3. The number of rotatable bonds is 8. The van der Waals surface area contributed by atoms with Crippen molar-refractivity contribution in [3.63, 3.8) is 0 Å². The van der Waals surface area contributed by atoms with Gasteiger partial charge in [-0.25, -0.2) is 4.98 Å². The van der Waals surface area contributed by atoms with Crippen LogP contribution in [0.3, 0.4) is 0 Å². The lowest BCUT2D eigenvalue weighted by Gasteiger charge is -2.11. The molecule has 0 atom stereocenters. The minimum atomic E-state index is -0.703. The molecule has 0 fully saturated rings. The maximum Gasteiger partial charge on any atom is 0.254 e. The smallest absolute Gasteiger partial charge is 0.254 e. The van der Waals surface area contributed by atoms with E-state index in [1.54, 1.807) is 24.3 Å². The van der Waals surface area contributed by atoms with Crippen molar-refractivity contribution in [1.82, 2.24) is 9.97 Å². The van der Waals surface area contributed by atoms with Crippen molar-refractivity contribution in [2.45, 2.75) is 13.3 Å². The molecule has 0 spiro atoms. The van der Waals surface area contributed by atoms with Crippen LogP contribution in [0.4, 0.5) is 23.1 Å². The maximum absolute atomic E-state index is 11.5. The third-order valence-electron chi connectivity index (χ3n) is 3.16. The molecule has 1 aromatic heterocycles. The highest BCUT2D eigenvalue weighted by Gasteiger charge is 2.12. The topological polar surface area (TPSA) is 165 Å². The molecule has 2 aromatic rings. The lowest BCUT2D eigenvalue weighted by atomic mass is 10.2. The molecule has 0 bridgehead atoms. The first kappa shape index (κ1) is 18.6. The Balaban J connectivity index is 2.20. The van der Waals surface area contributed by atoms with Gasteiger partial charge in [0.25, 0.3) is 5.91 Å². The Hall–Kier alpha value is -3.69. The van der Waals surface area contributed by atoms with Crippen LogP contribution in [0.25, 0.3) is 0 Å². The van der Waals surface area contributed by atoms with Gasteiger partial charge in [-0.1, -0.05) is 6.07 Å². The summed E-state index contributed by atoms with van der Waals surface area (Å²) in [5.74, 6) is -0.984. The van der Waals surface area contributed by atoms with Gasteiger partial charge in [0.1, 0.15) is 5.82 Å². The Labute approximate surface area is 149 Å². The average Bonchev–Trinajstić information content (AvgIpc) is 2.54. The Bertz CT molecular complexity index is 838. The number of carbonyl (C=O) groups is 3. The number of anilines is 4. The fourth-order valence-corrected chi connectivity index (χ4v) is 2.07. The summed E-state index contributed by atoms with van der Waals surface area (Å²) < 4.78 is 0. The summed E-state index contributed by atoms with van der Waals surface area (Å²) in [4.78, 5) is 41.7. The molecule has 0 aliphatic carbocycles.